The van der Waals surface area contributed by atoms with Gasteiger partial charge in [0.25, 0.3) is 0 Å². The Kier molecular flexibility index (Phi) is 7.67. The number of aromatic nitrogens is 2. The van der Waals surface area contributed by atoms with Gasteiger partial charge in [-0.15, -0.1) is 0 Å². The molecule has 0 aliphatic carbocycles. The lowest BCUT2D eigenvalue weighted by molar-refractivity contribution is -0.142. The van der Waals surface area contributed by atoms with Crippen LogP contribution < -0.4 is 4.90 Å². The molecule has 0 saturated heterocycles. The predicted octanol–water partition coefficient (Wildman–Crippen LogP) is 4.81. The molecule has 3 rings (SSSR count). The van der Waals surface area contributed by atoms with Crippen LogP contribution in [0.4, 0.5) is 24.7 Å². The number of rotatable bonds is 2. The van der Waals surface area contributed by atoms with Crippen LogP contribution in [0.25, 0.3) is 0 Å². The van der Waals surface area contributed by atoms with Gasteiger partial charge in [-0.05, 0) is 24.3 Å². The van der Waals surface area contributed by atoms with E-state index in [0.29, 0.717) is 11.5 Å². The summed E-state index contributed by atoms with van der Waals surface area (Å²) in [6.07, 6.45) is -2.86. The van der Waals surface area contributed by atoms with E-state index in [1.165, 1.54) is 18.3 Å². The first-order valence-electron chi connectivity index (χ1n) is 8.55. The van der Waals surface area contributed by atoms with Crippen molar-refractivity contribution in [2.75, 3.05) is 11.4 Å². The minimum Gasteiger partial charge on any atom is -0.481 e. The van der Waals surface area contributed by atoms with Crippen LogP contribution in [0.3, 0.4) is 0 Å². The molecule has 0 bridgehead atoms. The standard InChI is InChI=1S/C14H12F3N3O2.2C2H6/c15-14(16,17)10-1-3-11(4-2-10)19-7-9(13(21)22)8-20-12(19)5-6-18-20;2*1-2/h1-6,9H,7-8H2,(H,21,22);2*1-2H3. The highest BCUT2D eigenvalue weighted by atomic mass is 19.4. The van der Waals surface area contributed by atoms with Crippen molar-refractivity contribution in [2.24, 2.45) is 5.92 Å². The van der Waals surface area contributed by atoms with E-state index in [2.05, 4.69) is 5.10 Å². The largest absolute Gasteiger partial charge is 0.481 e. The van der Waals surface area contributed by atoms with Gasteiger partial charge in [-0.1, -0.05) is 27.7 Å². The van der Waals surface area contributed by atoms with Gasteiger partial charge in [0, 0.05) is 18.3 Å². The van der Waals surface area contributed by atoms with Crippen molar-refractivity contribution in [2.45, 2.75) is 40.4 Å². The topological polar surface area (TPSA) is 58.4 Å². The van der Waals surface area contributed by atoms with Gasteiger partial charge in [-0.3, -0.25) is 4.79 Å². The van der Waals surface area contributed by atoms with Gasteiger partial charge in [-0.2, -0.15) is 18.3 Å². The number of hydrogen-bond donors (Lipinski definition) is 1. The Morgan fingerprint density at radius 2 is 1.65 bits per heavy atom. The summed E-state index contributed by atoms with van der Waals surface area (Å²) < 4.78 is 39.4. The van der Waals surface area contributed by atoms with Gasteiger partial charge in [0.15, 0.2) is 0 Å². The predicted molar refractivity (Wildman–Crippen MR) is 94.5 cm³/mol. The van der Waals surface area contributed by atoms with Crippen LogP contribution in [0, 0.1) is 5.92 Å². The first-order chi connectivity index (χ1) is 12.4. The number of carboxylic acids is 1. The lowest BCUT2D eigenvalue weighted by Gasteiger charge is -2.33. The van der Waals surface area contributed by atoms with Gasteiger partial charge in [-0.25, -0.2) is 4.68 Å². The van der Waals surface area contributed by atoms with Crippen molar-refractivity contribution in [3.8, 4) is 0 Å². The number of carbonyl (C=O) groups is 1. The van der Waals surface area contributed by atoms with E-state index in [1.807, 2.05) is 27.7 Å². The highest BCUT2D eigenvalue weighted by molar-refractivity contribution is 5.73. The molecular weight excluding hydrogens is 347 g/mol. The number of alkyl halides is 3. The maximum Gasteiger partial charge on any atom is 0.416 e. The third-order valence-electron chi connectivity index (χ3n) is 3.62. The molecule has 5 nitrogen and oxygen atoms in total. The molecule has 26 heavy (non-hydrogen) atoms. The van der Waals surface area contributed by atoms with E-state index < -0.39 is 23.6 Å². The molecule has 0 amide bonds. The van der Waals surface area contributed by atoms with Crippen molar-refractivity contribution in [3.63, 3.8) is 0 Å². The van der Waals surface area contributed by atoms with E-state index in [0.717, 1.165) is 12.1 Å². The van der Waals surface area contributed by atoms with Crippen molar-refractivity contribution < 1.29 is 23.1 Å². The fourth-order valence-electron chi connectivity index (χ4n) is 2.50. The summed E-state index contributed by atoms with van der Waals surface area (Å²) in [7, 11) is 0. The molecule has 1 aliphatic rings. The summed E-state index contributed by atoms with van der Waals surface area (Å²) in [6.45, 7) is 8.43. The van der Waals surface area contributed by atoms with Gasteiger partial charge >= 0.3 is 12.1 Å². The molecule has 1 aromatic heterocycles. The molecule has 8 heteroatoms. The third kappa shape index (κ3) is 4.77. The minimum absolute atomic E-state index is 0.187. The van der Waals surface area contributed by atoms with Crippen LogP contribution in [0.1, 0.15) is 33.3 Å². The zero-order valence-electron chi connectivity index (χ0n) is 15.3. The molecule has 0 saturated carbocycles. The van der Waals surface area contributed by atoms with Crippen LogP contribution in [-0.2, 0) is 17.5 Å². The molecule has 1 aliphatic heterocycles. The number of fused-ring (bicyclic) bond motifs is 1. The van der Waals surface area contributed by atoms with Gasteiger partial charge in [0.1, 0.15) is 5.82 Å². The van der Waals surface area contributed by atoms with E-state index in [1.54, 1.807) is 15.6 Å². The van der Waals surface area contributed by atoms with Gasteiger partial charge < -0.3 is 10.0 Å². The molecule has 1 atom stereocenters. The molecule has 2 aromatic rings. The number of halogens is 3. The fraction of sp³-hybridized carbons (Fsp3) is 0.444. The Labute approximate surface area is 151 Å². The smallest absolute Gasteiger partial charge is 0.416 e. The lowest BCUT2D eigenvalue weighted by atomic mass is 10.1. The second-order valence-electron chi connectivity index (χ2n) is 5.06. The van der Waals surface area contributed by atoms with Crippen molar-refractivity contribution in [3.05, 3.63) is 42.1 Å². The van der Waals surface area contributed by atoms with Gasteiger partial charge in [0.05, 0.1) is 24.2 Å². The van der Waals surface area contributed by atoms with Crippen LogP contribution in [-0.4, -0.2) is 27.4 Å². The molecule has 0 radical (unpaired) electrons. The lowest BCUT2D eigenvalue weighted by Crippen LogP contribution is -2.39. The maximum atomic E-state index is 12.6. The summed E-state index contributed by atoms with van der Waals surface area (Å²) in [6, 6.07) is 6.35. The summed E-state index contributed by atoms with van der Waals surface area (Å²) in [5.41, 5.74) is -0.239. The molecule has 1 N–H and O–H groups in total. The number of nitrogens with zero attached hydrogens (tertiary/aromatic N) is 3. The fourth-order valence-corrected chi connectivity index (χ4v) is 2.50. The summed E-state index contributed by atoms with van der Waals surface area (Å²) in [5.74, 6) is -0.968. The second-order valence-corrected chi connectivity index (χ2v) is 5.06. The third-order valence-corrected chi connectivity index (χ3v) is 3.62. The van der Waals surface area contributed by atoms with E-state index in [9.17, 15) is 23.1 Å². The van der Waals surface area contributed by atoms with Crippen molar-refractivity contribution >= 4 is 17.5 Å². The average Bonchev–Trinajstić information content (AvgIpc) is 3.12. The zero-order chi connectivity index (χ0) is 19.9. The zero-order valence-corrected chi connectivity index (χ0v) is 15.3. The molecule has 144 valence electrons. The van der Waals surface area contributed by atoms with Gasteiger partial charge in [0.2, 0.25) is 0 Å². The Hall–Kier alpha value is -2.51. The molecule has 2 heterocycles. The van der Waals surface area contributed by atoms with E-state index in [-0.39, 0.29) is 13.1 Å². The molecule has 1 unspecified atom stereocenters. The molecule has 0 fully saturated rings. The van der Waals surface area contributed by atoms with E-state index >= 15 is 0 Å². The average molecular weight is 371 g/mol. The number of carboxylic acid groups (broad SMARTS) is 1. The van der Waals surface area contributed by atoms with E-state index in [4.69, 9.17) is 0 Å². The Bertz CT molecular complexity index is 696. The highest BCUT2D eigenvalue weighted by Gasteiger charge is 2.32. The number of anilines is 2. The normalized spacial score (nSPS) is 15.8. The number of hydrogen-bond acceptors (Lipinski definition) is 3. The maximum absolute atomic E-state index is 12.6. The number of aliphatic carboxylic acids is 1. The molecule has 1 aromatic carbocycles. The quantitative estimate of drug-likeness (QED) is 0.823. The molecule has 0 spiro atoms. The van der Waals surface area contributed by atoms with Crippen LogP contribution in [0.15, 0.2) is 36.5 Å². The summed E-state index contributed by atoms with van der Waals surface area (Å²) in [4.78, 5) is 12.9. The van der Waals surface area contributed by atoms with Crippen molar-refractivity contribution in [1.29, 1.82) is 0 Å². The second kappa shape index (κ2) is 9.26. The SMILES string of the molecule is CC.CC.O=C(O)C1CN(c2ccc(C(F)(F)F)cc2)c2ccnn2C1. The summed E-state index contributed by atoms with van der Waals surface area (Å²) >= 11 is 0. The first-order valence-corrected chi connectivity index (χ1v) is 8.55. The van der Waals surface area contributed by atoms with Crippen LogP contribution in [0.2, 0.25) is 0 Å². The monoisotopic (exact) mass is 371 g/mol. The van der Waals surface area contributed by atoms with Crippen LogP contribution in [0.5, 0.6) is 0 Å². The first kappa shape index (κ1) is 21.5. The highest BCUT2D eigenvalue weighted by Crippen LogP contribution is 2.34. The van der Waals surface area contributed by atoms with Crippen molar-refractivity contribution in [1.82, 2.24) is 9.78 Å². The molecular formula is C18H24F3N3O2. The minimum atomic E-state index is -4.40. The Morgan fingerprint density at radius 1 is 1.08 bits per heavy atom. The van der Waals surface area contributed by atoms with Crippen LogP contribution >= 0.6 is 0 Å². The number of benzene rings is 1. The Morgan fingerprint density at radius 3 is 2.15 bits per heavy atom. The summed E-state index contributed by atoms with van der Waals surface area (Å²) in [5, 5.41) is 13.3. The Balaban J connectivity index is 0.000000791.